The largest absolute Gasteiger partial charge is 0.462 e. The Morgan fingerprint density at radius 3 is 0.773 bits per heavy atom. The second-order valence-electron chi connectivity index (χ2n) is 22.1. The maximum absolute atomic E-state index is 12.9. The van der Waals surface area contributed by atoms with Crippen LogP contribution in [0.3, 0.4) is 0 Å². The van der Waals surface area contributed by atoms with Crippen LogP contribution in [-0.2, 0) is 28.6 Å². The molecule has 0 spiro atoms. The van der Waals surface area contributed by atoms with Crippen molar-refractivity contribution < 1.29 is 28.6 Å². The van der Waals surface area contributed by atoms with Crippen molar-refractivity contribution in [3.8, 4) is 0 Å². The van der Waals surface area contributed by atoms with Crippen molar-refractivity contribution >= 4 is 17.9 Å². The van der Waals surface area contributed by atoms with E-state index in [1.54, 1.807) is 0 Å². The first kappa shape index (κ1) is 72.1. The van der Waals surface area contributed by atoms with E-state index in [2.05, 4.69) is 81.5 Å². The molecule has 0 amide bonds. The van der Waals surface area contributed by atoms with E-state index in [-0.39, 0.29) is 31.1 Å². The topological polar surface area (TPSA) is 78.9 Å². The standard InChI is InChI=1S/C69H124O6/c1-4-7-10-13-16-19-22-25-28-31-34-37-40-43-46-49-52-55-58-61-67(70)73-64-66(75-69(72)63-60-57-54-51-48-45-42-39-36-33-30-27-24-21-18-15-12-9-6-3)65-74-68(71)62-59-56-53-50-47-44-41-38-35-32-29-26-23-20-17-14-11-8-5-2/h16,18-19,21-22,24-25,27,32,35,66H,4-15,17,20,23,26,28-31,33-34,36-65H2,1-3H3/b19-16-,21-18-,25-22-,27-24-,35-32-. The summed E-state index contributed by atoms with van der Waals surface area (Å²) in [6.45, 7) is 6.62. The van der Waals surface area contributed by atoms with Crippen molar-refractivity contribution in [1.29, 1.82) is 0 Å². The highest BCUT2D eigenvalue weighted by molar-refractivity contribution is 5.71. The Hall–Kier alpha value is -2.89. The first-order valence-electron chi connectivity index (χ1n) is 32.8. The predicted octanol–water partition coefficient (Wildman–Crippen LogP) is 22.3. The van der Waals surface area contributed by atoms with Gasteiger partial charge in [-0.3, -0.25) is 14.4 Å². The summed E-state index contributed by atoms with van der Waals surface area (Å²) >= 11 is 0. The van der Waals surface area contributed by atoms with Crippen molar-refractivity contribution in [1.82, 2.24) is 0 Å². The molecule has 436 valence electrons. The second kappa shape index (κ2) is 63.6. The Morgan fingerprint density at radius 1 is 0.267 bits per heavy atom. The van der Waals surface area contributed by atoms with Crippen LogP contribution in [0, 0.1) is 0 Å². The summed E-state index contributed by atoms with van der Waals surface area (Å²) in [5.74, 6) is -0.869. The molecule has 0 rings (SSSR count). The zero-order valence-electron chi connectivity index (χ0n) is 50.1. The van der Waals surface area contributed by atoms with Crippen molar-refractivity contribution in [3.05, 3.63) is 60.8 Å². The third kappa shape index (κ3) is 61.8. The lowest BCUT2D eigenvalue weighted by molar-refractivity contribution is -0.167. The van der Waals surface area contributed by atoms with Gasteiger partial charge in [0, 0.05) is 19.3 Å². The number of rotatable bonds is 60. The molecule has 6 nitrogen and oxygen atoms in total. The number of carbonyl (C=O) groups is 3. The summed E-state index contributed by atoms with van der Waals surface area (Å²) in [5.41, 5.74) is 0. The number of hydrogen-bond acceptors (Lipinski definition) is 6. The van der Waals surface area contributed by atoms with Crippen LogP contribution in [-0.4, -0.2) is 37.2 Å². The van der Waals surface area contributed by atoms with Gasteiger partial charge >= 0.3 is 17.9 Å². The van der Waals surface area contributed by atoms with Crippen LogP contribution in [0.1, 0.15) is 342 Å². The number of hydrogen-bond donors (Lipinski definition) is 0. The minimum Gasteiger partial charge on any atom is -0.462 e. The normalized spacial score (nSPS) is 12.4. The first-order valence-corrected chi connectivity index (χ1v) is 32.8. The zero-order chi connectivity index (χ0) is 54.3. The van der Waals surface area contributed by atoms with Gasteiger partial charge in [0.1, 0.15) is 13.2 Å². The molecule has 0 aromatic carbocycles. The van der Waals surface area contributed by atoms with Gasteiger partial charge in [-0.15, -0.1) is 0 Å². The summed E-state index contributed by atoms with van der Waals surface area (Å²) in [7, 11) is 0. The van der Waals surface area contributed by atoms with Gasteiger partial charge in [-0.05, 0) is 96.3 Å². The van der Waals surface area contributed by atoms with Crippen LogP contribution >= 0.6 is 0 Å². The molecular weight excluding hydrogens is 925 g/mol. The number of ether oxygens (including phenoxy) is 3. The lowest BCUT2D eigenvalue weighted by atomic mass is 10.1. The summed E-state index contributed by atoms with van der Waals surface area (Å²) < 4.78 is 17.0. The fourth-order valence-corrected chi connectivity index (χ4v) is 9.54. The summed E-state index contributed by atoms with van der Waals surface area (Å²) in [5, 5.41) is 0. The molecule has 0 aromatic rings. The molecule has 75 heavy (non-hydrogen) atoms. The SMILES string of the molecule is CCCCC/C=C\C=C/CCCCCCCCCCCCC(=O)OCC(COC(=O)CCCCCCCCC/C=C\CCCCCCCCCC)OC(=O)CCCCCCCCCCCC/C=C\C=C/CCCCC. The monoisotopic (exact) mass is 1050 g/mol. The van der Waals surface area contributed by atoms with Crippen LogP contribution in [0.2, 0.25) is 0 Å². The Balaban J connectivity index is 4.37. The van der Waals surface area contributed by atoms with Crippen LogP contribution in [0.25, 0.3) is 0 Å². The van der Waals surface area contributed by atoms with E-state index < -0.39 is 6.10 Å². The zero-order valence-corrected chi connectivity index (χ0v) is 50.1. The Morgan fingerprint density at radius 2 is 0.480 bits per heavy atom. The first-order chi connectivity index (χ1) is 37.0. The lowest BCUT2D eigenvalue weighted by Gasteiger charge is -2.18. The van der Waals surface area contributed by atoms with E-state index in [1.807, 2.05) is 0 Å². The maximum Gasteiger partial charge on any atom is 0.306 e. The number of esters is 3. The quantitative estimate of drug-likeness (QED) is 0.0199. The molecule has 0 aromatic heterocycles. The van der Waals surface area contributed by atoms with Gasteiger partial charge < -0.3 is 14.2 Å². The average molecular weight is 1050 g/mol. The van der Waals surface area contributed by atoms with E-state index >= 15 is 0 Å². The van der Waals surface area contributed by atoms with Crippen LogP contribution in [0.4, 0.5) is 0 Å². The highest BCUT2D eigenvalue weighted by Crippen LogP contribution is 2.17. The van der Waals surface area contributed by atoms with Gasteiger partial charge in [0.25, 0.3) is 0 Å². The maximum atomic E-state index is 12.9. The van der Waals surface area contributed by atoms with Gasteiger partial charge in [-0.1, -0.05) is 287 Å². The second-order valence-corrected chi connectivity index (χ2v) is 22.1. The molecule has 6 heteroatoms. The fraction of sp³-hybridized carbons (Fsp3) is 0.812. The van der Waals surface area contributed by atoms with E-state index in [1.165, 1.54) is 244 Å². The molecule has 1 unspecified atom stereocenters. The molecule has 0 saturated carbocycles. The molecule has 0 aliphatic heterocycles. The molecule has 0 saturated heterocycles. The Labute approximate surface area is 466 Å². The molecule has 0 aliphatic rings. The van der Waals surface area contributed by atoms with Crippen LogP contribution in [0.5, 0.6) is 0 Å². The molecule has 0 fully saturated rings. The smallest absolute Gasteiger partial charge is 0.306 e. The number of carbonyl (C=O) groups excluding carboxylic acids is 3. The van der Waals surface area contributed by atoms with Crippen molar-refractivity contribution in [3.63, 3.8) is 0 Å². The highest BCUT2D eigenvalue weighted by atomic mass is 16.6. The van der Waals surface area contributed by atoms with Crippen molar-refractivity contribution in [2.24, 2.45) is 0 Å². The summed E-state index contributed by atoms with van der Waals surface area (Å²) in [6.07, 6.45) is 80.7. The third-order valence-corrected chi connectivity index (χ3v) is 14.5. The number of unbranched alkanes of at least 4 members (excludes halogenated alkanes) is 41. The summed E-state index contributed by atoms with van der Waals surface area (Å²) in [4.78, 5) is 38.4. The Bertz CT molecular complexity index is 1340. The van der Waals surface area contributed by atoms with Gasteiger partial charge in [-0.25, -0.2) is 0 Å². The van der Waals surface area contributed by atoms with Crippen molar-refractivity contribution in [2.45, 2.75) is 348 Å². The van der Waals surface area contributed by atoms with Crippen LogP contribution < -0.4 is 0 Å². The van der Waals surface area contributed by atoms with Gasteiger partial charge in [0.05, 0.1) is 0 Å². The minimum atomic E-state index is -0.780. The lowest BCUT2D eigenvalue weighted by Crippen LogP contribution is -2.30. The third-order valence-electron chi connectivity index (χ3n) is 14.5. The number of allylic oxidation sites excluding steroid dienone is 10. The Kier molecular flexibility index (Phi) is 61.2. The summed E-state index contributed by atoms with van der Waals surface area (Å²) in [6, 6.07) is 0. The van der Waals surface area contributed by atoms with Crippen LogP contribution in [0.15, 0.2) is 60.8 Å². The highest BCUT2D eigenvalue weighted by Gasteiger charge is 2.19. The van der Waals surface area contributed by atoms with Gasteiger partial charge in [0.15, 0.2) is 6.10 Å². The molecule has 0 heterocycles. The van der Waals surface area contributed by atoms with E-state index in [0.29, 0.717) is 19.3 Å². The fourth-order valence-electron chi connectivity index (χ4n) is 9.54. The molecule has 1 atom stereocenters. The van der Waals surface area contributed by atoms with Crippen molar-refractivity contribution in [2.75, 3.05) is 13.2 Å². The predicted molar refractivity (Wildman–Crippen MR) is 325 cm³/mol. The molecule has 0 N–H and O–H groups in total. The molecular formula is C69H124O6. The van der Waals surface area contributed by atoms with E-state index in [9.17, 15) is 14.4 Å². The molecule has 0 aliphatic carbocycles. The van der Waals surface area contributed by atoms with Gasteiger partial charge in [0.2, 0.25) is 0 Å². The van der Waals surface area contributed by atoms with E-state index in [4.69, 9.17) is 14.2 Å². The van der Waals surface area contributed by atoms with Gasteiger partial charge in [-0.2, -0.15) is 0 Å². The van der Waals surface area contributed by atoms with E-state index in [0.717, 1.165) is 57.8 Å². The average Bonchev–Trinajstić information content (AvgIpc) is 3.41. The minimum absolute atomic E-state index is 0.0768. The molecule has 0 bridgehead atoms. The molecule has 0 radical (unpaired) electrons.